The number of nitrogens with zero attached hydrogens (tertiary/aromatic N) is 1. The molecule has 0 heterocycles. The SMILES string of the molecule is COc1cccc(OC)c1C(=O)OCc1ccccc1C#N. The fourth-order valence-electron chi connectivity index (χ4n) is 2.02. The molecule has 112 valence electrons. The monoisotopic (exact) mass is 297 g/mol. The van der Waals surface area contributed by atoms with Gasteiger partial charge in [-0.2, -0.15) is 5.26 Å². The van der Waals surface area contributed by atoms with Gasteiger partial charge in [-0.25, -0.2) is 4.79 Å². The number of ether oxygens (including phenoxy) is 3. The van der Waals surface area contributed by atoms with Gasteiger partial charge in [0.15, 0.2) is 0 Å². The van der Waals surface area contributed by atoms with Crippen molar-refractivity contribution in [3.8, 4) is 17.6 Å². The van der Waals surface area contributed by atoms with Crippen molar-refractivity contribution in [3.63, 3.8) is 0 Å². The van der Waals surface area contributed by atoms with Crippen LogP contribution in [0.5, 0.6) is 11.5 Å². The Balaban J connectivity index is 2.22. The van der Waals surface area contributed by atoms with Crippen molar-refractivity contribution in [2.75, 3.05) is 14.2 Å². The van der Waals surface area contributed by atoms with Crippen molar-refractivity contribution in [2.24, 2.45) is 0 Å². The lowest BCUT2D eigenvalue weighted by atomic mass is 10.1. The molecule has 0 aliphatic rings. The number of nitriles is 1. The fourth-order valence-corrected chi connectivity index (χ4v) is 2.02. The zero-order valence-electron chi connectivity index (χ0n) is 12.3. The molecule has 0 aromatic heterocycles. The molecular formula is C17H15NO4. The van der Waals surface area contributed by atoms with E-state index in [2.05, 4.69) is 6.07 Å². The van der Waals surface area contributed by atoms with Crippen LogP contribution in [0, 0.1) is 11.3 Å². The topological polar surface area (TPSA) is 68.6 Å². The van der Waals surface area contributed by atoms with Gasteiger partial charge in [-0.05, 0) is 18.2 Å². The Kier molecular flexibility index (Phi) is 4.99. The molecule has 0 bridgehead atoms. The summed E-state index contributed by atoms with van der Waals surface area (Å²) in [4.78, 5) is 12.3. The van der Waals surface area contributed by atoms with E-state index in [0.29, 0.717) is 22.6 Å². The Morgan fingerprint density at radius 3 is 2.27 bits per heavy atom. The van der Waals surface area contributed by atoms with Crippen molar-refractivity contribution in [1.29, 1.82) is 5.26 Å². The molecule has 0 saturated heterocycles. The Hall–Kier alpha value is -3.00. The zero-order chi connectivity index (χ0) is 15.9. The third-order valence-corrected chi connectivity index (χ3v) is 3.13. The van der Waals surface area contributed by atoms with Crippen LogP contribution in [-0.2, 0) is 11.3 Å². The standard InChI is InChI=1S/C17H15NO4/c1-20-14-8-5-9-15(21-2)16(14)17(19)22-11-13-7-4-3-6-12(13)10-18/h3-9H,11H2,1-2H3. The number of hydrogen-bond acceptors (Lipinski definition) is 5. The number of carbonyl (C=O) groups excluding carboxylic acids is 1. The van der Waals surface area contributed by atoms with Gasteiger partial charge in [-0.15, -0.1) is 0 Å². The molecule has 0 radical (unpaired) electrons. The third kappa shape index (κ3) is 3.18. The summed E-state index contributed by atoms with van der Waals surface area (Å²) in [6.07, 6.45) is 0. The van der Waals surface area contributed by atoms with Crippen molar-refractivity contribution in [2.45, 2.75) is 6.61 Å². The summed E-state index contributed by atoms with van der Waals surface area (Å²) in [5.74, 6) is 0.179. The molecule has 5 nitrogen and oxygen atoms in total. The summed E-state index contributed by atoms with van der Waals surface area (Å²) in [5.41, 5.74) is 1.34. The molecule has 22 heavy (non-hydrogen) atoms. The van der Waals surface area contributed by atoms with E-state index in [1.807, 2.05) is 0 Å². The number of esters is 1. The molecule has 2 rings (SSSR count). The highest BCUT2D eigenvalue weighted by molar-refractivity contribution is 5.95. The average molecular weight is 297 g/mol. The van der Waals surface area contributed by atoms with Crippen molar-refractivity contribution in [1.82, 2.24) is 0 Å². The maximum absolute atomic E-state index is 12.3. The highest BCUT2D eigenvalue weighted by Crippen LogP contribution is 2.29. The van der Waals surface area contributed by atoms with Gasteiger partial charge in [0.1, 0.15) is 23.7 Å². The van der Waals surface area contributed by atoms with E-state index >= 15 is 0 Å². The minimum Gasteiger partial charge on any atom is -0.496 e. The summed E-state index contributed by atoms with van der Waals surface area (Å²) in [5, 5.41) is 9.03. The summed E-state index contributed by atoms with van der Waals surface area (Å²) >= 11 is 0. The first-order chi connectivity index (χ1) is 10.7. The van der Waals surface area contributed by atoms with Crippen LogP contribution in [0.4, 0.5) is 0 Å². The van der Waals surface area contributed by atoms with E-state index in [-0.39, 0.29) is 12.2 Å². The number of methoxy groups -OCH3 is 2. The summed E-state index contributed by atoms with van der Waals surface area (Å²) in [6.45, 7) is 0.00374. The van der Waals surface area contributed by atoms with E-state index in [9.17, 15) is 4.79 Å². The zero-order valence-corrected chi connectivity index (χ0v) is 12.3. The van der Waals surface area contributed by atoms with Crippen LogP contribution < -0.4 is 9.47 Å². The second-order valence-electron chi connectivity index (χ2n) is 4.38. The molecule has 0 aliphatic carbocycles. The maximum Gasteiger partial charge on any atom is 0.346 e. The van der Waals surface area contributed by atoms with Gasteiger partial charge < -0.3 is 14.2 Å². The van der Waals surface area contributed by atoms with Crippen LogP contribution in [0.25, 0.3) is 0 Å². The molecule has 0 spiro atoms. The Morgan fingerprint density at radius 2 is 1.68 bits per heavy atom. The highest BCUT2D eigenvalue weighted by atomic mass is 16.5. The Bertz CT molecular complexity index is 697. The van der Waals surface area contributed by atoms with Gasteiger partial charge in [0.25, 0.3) is 0 Å². The van der Waals surface area contributed by atoms with Crippen molar-refractivity contribution in [3.05, 3.63) is 59.2 Å². The van der Waals surface area contributed by atoms with Crippen molar-refractivity contribution >= 4 is 5.97 Å². The summed E-state index contributed by atoms with van der Waals surface area (Å²) in [7, 11) is 2.94. The van der Waals surface area contributed by atoms with Gasteiger partial charge in [0.05, 0.1) is 25.9 Å². The first kappa shape index (κ1) is 15.4. The largest absolute Gasteiger partial charge is 0.496 e. The first-order valence-electron chi connectivity index (χ1n) is 6.57. The van der Waals surface area contributed by atoms with Gasteiger partial charge in [0, 0.05) is 5.56 Å². The predicted molar refractivity (Wildman–Crippen MR) is 79.8 cm³/mol. The number of benzene rings is 2. The smallest absolute Gasteiger partial charge is 0.346 e. The van der Waals surface area contributed by atoms with E-state index < -0.39 is 5.97 Å². The molecule has 0 N–H and O–H groups in total. The van der Waals surface area contributed by atoms with Gasteiger partial charge in [-0.3, -0.25) is 0 Å². The molecule has 2 aromatic rings. The van der Waals surface area contributed by atoms with Crippen LogP contribution in [0.2, 0.25) is 0 Å². The lowest BCUT2D eigenvalue weighted by molar-refractivity contribution is 0.0465. The molecule has 0 fully saturated rings. The lowest BCUT2D eigenvalue weighted by Crippen LogP contribution is -2.09. The van der Waals surface area contributed by atoms with Crippen LogP contribution in [-0.4, -0.2) is 20.2 Å². The third-order valence-electron chi connectivity index (χ3n) is 3.13. The van der Waals surface area contributed by atoms with Gasteiger partial charge in [-0.1, -0.05) is 24.3 Å². The molecule has 0 atom stereocenters. The molecule has 0 amide bonds. The molecule has 0 aliphatic heterocycles. The molecule has 0 saturated carbocycles. The van der Waals surface area contributed by atoms with Gasteiger partial charge >= 0.3 is 5.97 Å². The quantitative estimate of drug-likeness (QED) is 0.794. The minimum atomic E-state index is -0.568. The van der Waals surface area contributed by atoms with Crippen LogP contribution in [0.1, 0.15) is 21.5 Å². The lowest BCUT2D eigenvalue weighted by Gasteiger charge is -2.12. The normalized spacial score (nSPS) is 9.68. The van der Waals surface area contributed by atoms with Crippen molar-refractivity contribution < 1.29 is 19.0 Å². The second kappa shape index (κ2) is 7.14. The minimum absolute atomic E-state index is 0.00374. The van der Waals surface area contributed by atoms with E-state index in [1.165, 1.54) is 14.2 Å². The highest BCUT2D eigenvalue weighted by Gasteiger charge is 2.20. The van der Waals surface area contributed by atoms with E-state index in [4.69, 9.17) is 19.5 Å². The summed E-state index contributed by atoms with van der Waals surface area (Å²) < 4.78 is 15.6. The maximum atomic E-state index is 12.3. The Morgan fingerprint density at radius 1 is 1.05 bits per heavy atom. The predicted octanol–water partition coefficient (Wildman–Crippen LogP) is 2.93. The average Bonchev–Trinajstić information content (AvgIpc) is 2.58. The number of carbonyl (C=O) groups is 1. The molecule has 2 aromatic carbocycles. The number of rotatable bonds is 5. The van der Waals surface area contributed by atoms with E-state index in [1.54, 1.807) is 42.5 Å². The number of hydrogen-bond donors (Lipinski definition) is 0. The first-order valence-corrected chi connectivity index (χ1v) is 6.57. The summed E-state index contributed by atoms with van der Waals surface area (Å²) in [6, 6.07) is 14.1. The molecule has 5 heteroatoms. The molecular weight excluding hydrogens is 282 g/mol. The van der Waals surface area contributed by atoms with Crippen LogP contribution in [0.15, 0.2) is 42.5 Å². The van der Waals surface area contributed by atoms with Crippen LogP contribution >= 0.6 is 0 Å². The van der Waals surface area contributed by atoms with Crippen LogP contribution in [0.3, 0.4) is 0 Å². The van der Waals surface area contributed by atoms with Gasteiger partial charge in [0.2, 0.25) is 0 Å². The molecule has 0 unspecified atom stereocenters. The fraction of sp³-hybridized carbons (Fsp3) is 0.176. The van der Waals surface area contributed by atoms with E-state index in [0.717, 1.165) is 0 Å². The Labute approximate surface area is 128 Å². The second-order valence-corrected chi connectivity index (χ2v) is 4.38.